The van der Waals surface area contributed by atoms with Crippen LogP contribution >= 0.6 is 11.8 Å². The first-order valence-electron chi connectivity index (χ1n) is 6.95. The Morgan fingerprint density at radius 1 is 1.21 bits per heavy atom. The van der Waals surface area contributed by atoms with Crippen LogP contribution < -0.4 is 5.32 Å². The van der Waals surface area contributed by atoms with Gasteiger partial charge >= 0.3 is 0 Å². The minimum atomic E-state index is 0.228. The summed E-state index contributed by atoms with van der Waals surface area (Å²) >= 11 is 1.69. The zero-order valence-electron chi connectivity index (χ0n) is 11.1. The van der Waals surface area contributed by atoms with Crippen LogP contribution in [0.1, 0.15) is 32.1 Å². The van der Waals surface area contributed by atoms with Gasteiger partial charge in [-0.2, -0.15) is 0 Å². The molecule has 2 N–H and O–H groups in total. The lowest BCUT2D eigenvalue weighted by molar-refractivity contribution is -0.125. The fourth-order valence-electron chi connectivity index (χ4n) is 2.39. The number of aromatic hydroxyl groups is 1. The van der Waals surface area contributed by atoms with Crippen LogP contribution in [0.4, 0.5) is 0 Å². The maximum absolute atomic E-state index is 11.9. The lowest BCUT2D eigenvalue weighted by Crippen LogP contribution is -2.33. The molecule has 4 heteroatoms. The number of phenols is 1. The summed E-state index contributed by atoms with van der Waals surface area (Å²) in [5, 5.41) is 12.2. The molecule has 19 heavy (non-hydrogen) atoms. The Bertz CT molecular complexity index is 399. The minimum Gasteiger partial charge on any atom is -0.508 e. The van der Waals surface area contributed by atoms with Gasteiger partial charge in [-0.05, 0) is 37.1 Å². The van der Waals surface area contributed by atoms with Crippen LogP contribution in [0.2, 0.25) is 0 Å². The number of hydrogen-bond acceptors (Lipinski definition) is 3. The van der Waals surface area contributed by atoms with E-state index >= 15 is 0 Å². The van der Waals surface area contributed by atoms with Gasteiger partial charge < -0.3 is 10.4 Å². The van der Waals surface area contributed by atoms with E-state index in [2.05, 4.69) is 5.32 Å². The lowest BCUT2D eigenvalue weighted by atomic mass is 9.89. The summed E-state index contributed by atoms with van der Waals surface area (Å²) < 4.78 is 0. The predicted molar refractivity (Wildman–Crippen MR) is 78.4 cm³/mol. The topological polar surface area (TPSA) is 49.3 Å². The molecule has 1 amide bonds. The van der Waals surface area contributed by atoms with Crippen molar-refractivity contribution in [2.24, 2.45) is 5.92 Å². The number of benzene rings is 1. The molecule has 1 fully saturated rings. The Morgan fingerprint density at radius 3 is 2.58 bits per heavy atom. The highest BCUT2D eigenvalue weighted by atomic mass is 32.2. The van der Waals surface area contributed by atoms with E-state index < -0.39 is 0 Å². The normalized spacial score (nSPS) is 16.2. The minimum absolute atomic E-state index is 0.228. The Kier molecular flexibility index (Phi) is 5.58. The van der Waals surface area contributed by atoms with E-state index in [1.165, 1.54) is 19.3 Å². The zero-order valence-corrected chi connectivity index (χ0v) is 11.9. The molecule has 0 saturated heterocycles. The van der Waals surface area contributed by atoms with Gasteiger partial charge in [0.25, 0.3) is 0 Å². The van der Waals surface area contributed by atoms with Crippen LogP contribution in [0.25, 0.3) is 0 Å². The van der Waals surface area contributed by atoms with Crippen molar-refractivity contribution in [2.45, 2.75) is 37.0 Å². The molecule has 0 aromatic heterocycles. The van der Waals surface area contributed by atoms with Gasteiger partial charge in [0.1, 0.15) is 5.75 Å². The molecule has 0 aliphatic heterocycles. The number of hydrogen-bond donors (Lipinski definition) is 2. The van der Waals surface area contributed by atoms with Crippen LogP contribution in [-0.4, -0.2) is 23.3 Å². The van der Waals surface area contributed by atoms with Gasteiger partial charge in [0.15, 0.2) is 0 Å². The highest BCUT2D eigenvalue weighted by molar-refractivity contribution is 7.99. The monoisotopic (exact) mass is 279 g/mol. The Hall–Kier alpha value is -1.16. The average molecular weight is 279 g/mol. The van der Waals surface area contributed by atoms with Crippen LogP contribution in [0.5, 0.6) is 5.75 Å². The predicted octanol–water partition coefficient (Wildman–Crippen LogP) is 3.18. The fraction of sp³-hybridized carbons (Fsp3) is 0.533. The molecule has 1 aromatic rings. The van der Waals surface area contributed by atoms with E-state index in [9.17, 15) is 9.90 Å². The lowest BCUT2D eigenvalue weighted by Gasteiger charge is -2.20. The van der Waals surface area contributed by atoms with E-state index in [1.807, 2.05) is 12.1 Å². The zero-order chi connectivity index (χ0) is 13.5. The van der Waals surface area contributed by atoms with Crippen molar-refractivity contribution in [3.8, 4) is 5.75 Å². The van der Waals surface area contributed by atoms with Crippen LogP contribution in [0.15, 0.2) is 29.2 Å². The van der Waals surface area contributed by atoms with Crippen molar-refractivity contribution in [1.29, 1.82) is 0 Å². The SMILES string of the molecule is O=C(NCCSc1ccc(O)cc1)C1CCCCC1. The molecule has 0 bridgehead atoms. The molecular formula is C15H21NO2S. The fourth-order valence-corrected chi connectivity index (χ4v) is 3.16. The van der Waals surface area contributed by atoms with Gasteiger partial charge in [-0.1, -0.05) is 19.3 Å². The van der Waals surface area contributed by atoms with Crippen molar-refractivity contribution in [2.75, 3.05) is 12.3 Å². The summed E-state index contributed by atoms with van der Waals surface area (Å²) in [5.74, 6) is 1.62. The Labute approximate surface area is 118 Å². The number of phenolic OH excluding ortho intramolecular Hbond substituents is 1. The molecule has 0 spiro atoms. The van der Waals surface area contributed by atoms with Crippen LogP contribution in [-0.2, 0) is 4.79 Å². The van der Waals surface area contributed by atoms with Crippen molar-refractivity contribution in [1.82, 2.24) is 5.32 Å². The highest BCUT2D eigenvalue weighted by Crippen LogP contribution is 2.24. The van der Waals surface area contributed by atoms with E-state index in [0.29, 0.717) is 6.54 Å². The van der Waals surface area contributed by atoms with E-state index in [4.69, 9.17) is 0 Å². The first-order valence-corrected chi connectivity index (χ1v) is 7.94. The first kappa shape index (κ1) is 14.3. The third kappa shape index (κ3) is 4.78. The summed E-state index contributed by atoms with van der Waals surface area (Å²) in [4.78, 5) is 13.0. The van der Waals surface area contributed by atoms with Crippen molar-refractivity contribution in [3.05, 3.63) is 24.3 Å². The molecule has 0 radical (unpaired) electrons. The molecule has 3 nitrogen and oxygen atoms in total. The van der Waals surface area contributed by atoms with Gasteiger partial charge in [0, 0.05) is 23.1 Å². The third-order valence-electron chi connectivity index (χ3n) is 3.48. The van der Waals surface area contributed by atoms with Crippen molar-refractivity contribution < 1.29 is 9.90 Å². The number of nitrogens with one attached hydrogen (secondary N) is 1. The Morgan fingerprint density at radius 2 is 1.89 bits per heavy atom. The second-order valence-corrected chi connectivity index (χ2v) is 6.14. The quantitative estimate of drug-likeness (QED) is 0.643. The summed E-state index contributed by atoms with van der Waals surface area (Å²) in [5.41, 5.74) is 0. The second-order valence-electron chi connectivity index (χ2n) is 4.97. The third-order valence-corrected chi connectivity index (χ3v) is 4.50. The molecule has 2 rings (SSSR count). The number of thioether (sulfide) groups is 1. The molecule has 104 valence electrons. The van der Waals surface area contributed by atoms with Gasteiger partial charge in [0.2, 0.25) is 5.91 Å². The maximum atomic E-state index is 11.9. The second kappa shape index (κ2) is 7.43. The summed E-state index contributed by atoms with van der Waals surface area (Å²) in [6.07, 6.45) is 5.77. The largest absolute Gasteiger partial charge is 0.508 e. The van der Waals surface area contributed by atoms with Gasteiger partial charge in [0.05, 0.1) is 0 Å². The molecule has 0 heterocycles. The molecule has 1 aliphatic carbocycles. The average Bonchev–Trinajstić information content (AvgIpc) is 2.46. The molecule has 0 atom stereocenters. The number of carbonyl (C=O) groups excluding carboxylic acids is 1. The summed E-state index contributed by atoms with van der Waals surface area (Å²) in [6, 6.07) is 7.15. The van der Waals surface area contributed by atoms with Crippen molar-refractivity contribution in [3.63, 3.8) is 0 Å². The van der Waals surface area contributed by atoms with Crippen LogP contribution in [0, 0.1) is 5.92 Å². The molecule has 1 aliphatic rings. The summed E-state index contributed by atoms with van der Waals surface area (Å²) in [7, 11) is 0. The molecule has 1 saturated carbocycles. The number of amides is 1. The molecular weight excluding hydrogens is 258 g/mol. The first-order chi connectivity index (χ1) is 9.25. The van der Waals surface area contributed by atoms with Gasteiger partial charge in [-0.3, -0.25) is 4.79 Å². The number of carbonyl (C=O) groups is 1. The highest BCUT2D eigenvalue weighted by Gasteiger charge is 2.20. The molecule has 0 unspecified atom stereocenters. The van der Waals surface area contributed by atoms with Crippen LogP contribution in [0.3, 0.4) is 0 Å². The smallest absolute Gasteiger partial charge is 0.223 e. The van der Waals surface area contributed by atoms with E-state index in [1.54, 1.807) is 23.9 Å². The maximum Gasteiger partial charge on any atom is 0.223 e. The van der Waals surface area contributed by atoms with E-state index in [-0.39, 0.29) is 17.6 Å². The summed E-state index contributed by atoms with van der Waals surface area (Å²) in [6.45, 7) is 0.709. The standard InChI is InChI=1S/C15H21NO2S/c17-13-6-8-14(9-7-13)19-11-10-16-15(18)12-4-2-1-3-5-12/h6-9,12,17H,1-5,10-11H2,(H,16,18). The molecule has 1 aromatic carbocycles. The Balaban J connectivity index is 1.63. The van der Waals surface area contributed by atoms with Crippen molar-refractivity contribution >= 4 is 17.7 Å². The van der Waals surface area contributed by atoms with E-state index in [0.717, 1.165) is 23.5 Å². The van der Waals surface area contributed by atoms with Gasteiger partial charge in [-0.25, -0.2) is 0 Å². The number of rotatable bonds is 5. The van der Waals surface area contributed by atoms with Gasteiger partial charge in [-0.15, -0.1) is 11.8 Å².